The number of rotatable bonds is 5. The van der Waals surface area contributed by atoms with Crippen LogP contribution in [-0.4, -0.2) is 21.7 Å². The zero-order valence-electron chi connectivity index (χ0n) is 14.8. The summed E-state index contributed by atoms with van der Waals surface area (Å²) in [5, 5.41) is 6.42. The van der Waals surface area contributed by atoms with Crippen LogP contribution in [0.2, 0.25) is 0 Å². The van der Waals surface area contributed by atoms with Gasteiger partial charge in [-0.1, -0.05) is 30.3 Å². The summed E-state index contributed by atoms with van der Waals surface area (Å²) in [5.41, 5.74) is 0.298. The SMILES string of the molecule is Cn1nc(C(=O)OC(C(=O)Nc2ccc(F)cc2)c2ccccc2)ccc1=O. The van der Waals surface area contributed by atoms with Gasteiger partial charge in [0.05, 0.1) is 0 Å². The summed E-state index contributed by atoms with van der Waals surface area (Å²) >= 11 is 0. The first-order valence-corrected chi connectivity index (χ1v) is 8.31. The molecule has 0 bridgehead atoms. The van der Waals surface area contributed by atoms with Crippen LogP contribution in [-0.2, 0) is 16.6 Å². The average Bonchev–Trinajstić information content (AvgIpc) is 2.70. The first-order valence-electron chi connectivity index (χ1n) is 8.31. The number of hydrogen-bond donors (Lipinski definition) is 1. The third kappa shape index (κ3) is 4.47. The van der Waals surface area contributed by atoms with Crippen LogP contribution in [0.4, 0.5) is 10.1 Å². The maximum absolute atomic E-state index is 13.1. The van der Waals surface area contributed by atoms with E-state index in [1.165, 1.54) is 43.4 Å². The number of benzene rings is 2. The summed E-state index contributed by atoms with van der Waals surface area (Å²) in [6.07, 6.45) is -1.27. The Morgan fingerprint density at radius 2 is 1.71 bits per heavy atom. The van der Waals surface area contributed by atoms with Gasteiger partial charge >= 0.3 is 5.97 Å². The van der Waals surface area contributed by atoms with Gasteiger partial charge in [-0.3, -0.25) is 9.59 Å². The van der Waals surface area contributed by atoms with Crippen LogP contribution in [0.25, 0.3) is 0 Å². The second kappa shape index (κ2) is 8.26. The molecule has 0 saturated heterocycles. The molecule has 1 atom stereocenters. The Morgan fingerprint density at radius 3 is 2.36 bits per heavy atom. The van der Waals surface area contributed by atoms with Gasteiger partial charge in [-0.15, -0.1) is 0 Å². The standard InChI is InChI=1S/C20H16FN3O4/c1-24-17(25)12-11-16(23-24)20(27)28-18(13-5-3-2-4-6-13)19(26)22-15-9-7-14(21)8-10-15/h2-12,18H,1H3,(H,22,26). The molecule has 0 fully saturated rings. The molecule has 1 unspecified atom stereocenters. The number of halogens is 1. The van der Waals surface area contributed by atoms with Crippen molar-refractivity contribution in [1.29, 1.82) is 0 Å². The van der Waals surface area contributed by atoms with E-state index >= 15 is 0 Å². The number of nitrogens with zero attached hydrogens (tertiary/aromatic N) is 2. The predicted octanol–water partition coefficient (Wildman–Crippen LogP) is 2.46. The highest BCUT2D eigenvalue weighted by Gasteiger charge is 2.26. The highest BCUT2D eigenvalue weighted by Crippen LogP contribution is 2.21. The molecule has 1 aromatic heterocycles. The van der Waals surface area contributed by atoms with E-state index in [0.717, 1.165) is 4.68 Å². The van der Waals surface area contributed by atoms with E-state index in [9.17, 15) is 18.8 Å². The van der Waals surface area contributed by atoms with Crippen molar-refractivity contribution in [3.63, 3.8) is 0 Å². The van der Waals surface area contributed by atoms with Crippen LogP contribution in [0.1, 0.15) is 22.2 Å². The maximum atomic E-state index is 13.1. The number of carbonyl (C=O) groups is 2. The largest absolute Gasteiger partial charge is 0.442 e. The molecule has 3 aromatic rings. The van der Waals surface area contributed by atoms with E-state index in [4.69, 9.17) is 4.74 Å². The summed E-state index contributed by atoms with van der Waals surface area (Å²) in [6.45, 7) is 0. The smallest absolute Gasteiger partial charge is 0.359 e. The summed E-state index contributed by atoms with van der Waals surface area (Å²) in [4.78, 5) is 36.6. The summed E-state index contributed by atoms with van der Waals surface area (Å²) in [6, 6.07) is 16.0. The first kappa shape index (κ1) is 19.0. The molecule has 0 radical (unpaired) electrons. The van der Waals surface area contributed by atoms with Gasteiger partial charge in [0, 0.05) is 24.4 Å². The van der Waals surface area contributed by atoms with E-state index in [-0.39, 0.29) is 11.3 Å². The van der Waals surface area contributed by atoms with Crippen molar-refractivity contribution in [3.05, 3.63) is 94.2 Å². The zero-order chi connectivity index (χ0) is 20.1. The Labute approximate surface area is 159 Å². The second-order valence-electron chi connectivity index (χ2n) is 5.87. The van der Waals surface area contributed by atoms with Crippen LogP contribution in [0, 0.1) is 5.82 Å². The van der Waals surface area contributed by atoms with Gasteiger partial charge in [-0.05, 0) is 30.3 Å². The quantitative estimate of drug-likeness (QED) is 0.686. The normalized spacial score (nSPS) is 11.5. The van der Waals surface area contributed by atoms with Crippen molar-refractivity contribution in [2.75, 3.05) is 5.32 Å². The van der Waals surface area contributed by atoms with Crippen molar-refractivity contribution in [2.45, 2.75) is 6.10 Å². The van der Waals surface area contributed by atoms with Gasteiger partial charge in [0.1, 0.15) is 5.82 Å². The summed E-state index contributed by atoms with van der Waals surface area (Å²) in [5.74, 6) is -1.92. The van der Waals surface area contributed by atoms with Crippen LogP contribution in [0.5, 0.6) is 0 Å². The number of carbonyl (C=O) groups excluding carboxylic acids is 2. The van der Waals surface area contributed by atoms with Gasteiger partial charge in [-0.25, -0.2) is 13.9 Å². The van der Waals surface area contributed by atoms with Crippen molar-refractivity contribution in [3.8, 4) is 0 Å². The lowest BCUT2D eigenvalue weighted by atomic mass is 10.1. The molecule has 0 saturated carbocycles. The Morgan fingerprint density at radius 1 is 1.04 bits per heavy atom. The van der Waals surface area contributed by atoms with Crippen LogP contribution >= 0.6 is 0 Å². The molecular formula is C20H16FN3O4. The van der Waals surface area contributed by atoms with E-state index in [1.807, 2.05) is 0 Å². The summed E-state index contributed by atoms with van der Waals surface area (Å²) in [7, 11) is 1.40. The molecule has 142 valence electrons. The number of aromatic nitrogens is 2. The first-order chi connectivity index (χ1) is 13.4. The molecule has 1 N–H and O–H groups in total. The number of hydrogen-bond acceptors (Lipinski definition) is 5. The van der Waals surface area contributed by atoms with Crippen LogP contribution in [0.3, 0.4) is 0 Å². The van der Waals surface area contributed by atoms with E-state index in [1.54, 1.807) is 30.3 Å². The number of esters is 1. The molecule has 2 aromatic carbocycles. The molecule has 28 heavy (non-hydrogen) atoms. The molecule has 7 nitrogen and oxygen atoms in total. The second-order valence-corrected chi connectivity index (χ2v) is 5.87. The lowest BCUT2D eigenvalue weighted by Crippen LogP contribution is -2.27. The van der Waals surface area contributed by atoms with E-state index < -0.39 is 23.8 Å². The highest BCUT2D eigenvalue weighted by atomic mass is 19.1. The molecule has 3 rings (SSSR count). The Balaban J connectivity index is 1.85. The molecule has 1 heterocycles. The number of aryl methyl sites for hydroxylation is 1. The van der Waals surface area contributed by atoms with Crippen molar-refractivity contribution < 1.29 is 18.7 Å². The fourth-order valence-corrected chi connectivity index (χ4v) is 2.42. The van der Waals surface area contributed by atoms with Crippen molar-refractivity contribution in [2.24, 2.45) is 7.05 Å². The lowest BCUT2D eigenvalue weighted by Gasteiger charge is -2.18. The van der Waals surface area contributed by atoms with Gasteiger partial charge in [-0.2, -0.15) is 5.10 Å². The maximum Gasteiger partial charge on any atom is 0.359 e. The Bertz CT molecular complexity index is 1050. The number of nitrogens with one attached hydrogen (secondary N) is 1. The predicted molar refractivity (Wildman–Crippen MR) is 99.1 cm³/mol. The third-order valence-corrected chi connectivity index (χ3v) is 3.85. The molecular weight excluding hydrogens is 365 g/mol. The van der Waals surface area contributed by atoms with E-state index in [0.29, 0.717) is 11.3 Å². The third-order valence-electron chi connectivity index (χ3n) is 3.85. The zero-order valence-corrected chi connectivity index (χ0v) is 14.8. The summed E-state index contributed by atoms with van der Waals surface area (Å²) < 4.78 is 19.4. The highest BCUT2D eigenvalue weighted by molar-refractivity contribution is 5.97. The fraction of sp³-hybridized carbons (Fsp3) is 0.100. The van der Waals surface area contributed by atoms with Crippen LogP contribution in [0.15, 0.2) is 71.5 Å². The minimum Gasteiger partial charge on any atom is -0.442 e. The lowest BCUT2D eigenvalue weighted by molar-refractivity contribution is -0.125. The molecule has 0 spiro atoms. The molecule has 0 aliphatic carbocycles. The number of anilines is 1. The Kier molecular flexibility index (Phi) is 5.59. The van der Waals surface area contributed by atoms with Crippen LogP contribution < -0.4 is 10.9 Å². The van der Waals surface area contributed by atoms with Gasteiger partial charge < -0.3 is 10.1 Å². The minimum atomic E-state index is -1.27. The number of amides is 1. The van der Waals surface area contributed by atoms with Gasteiger partial charge in [0.2, 0.25) is 6.10 Å². The van der Waals surface area contributed by atoms with Gasteiger partial charge in [0.15, 0.2) is 5.69 Å². The van der Waals surface area contributed by atoms with Gasteiger partial charge in [0.25, 0.3) is 11.5 Å². The average molecular weight is 381 g/mol. The molecule has 0 aliphatic heterocycles. The molecule has 1 amide bonds. The number of ether oxygens (including phenoxy) is 1. The van der Waals surface area contributed by atoms with E-state index in [2.05, 4.69) is 10.4 Å². The monoisotopic (exact) mass is 381 g/mol. The van der Waals surface area contributed by atoms with Crippen molar-refractivity contribution >= 4 is 17.6 Å². The fourth-order valence-electron chi connectivity index (χ4n) is 2.42. The topological polar surface area (TPSA) is 90.3 Å². The molecule has 8 heteroatoms. The molecule has 0 aliphatic rings. The minimum absolute atomic E-state index is 0.113. The Hall–Kier alpha value is -3.81. The van der Waals surface area contributed by atoms with Crippen molar-refractivity contribution in [1.82, 2.24) is 9.78 Å².